The lowest BCUT2D eigenvalue weighted by Gasteiger charge is -2.22. The molecule has 0 radical (unpaired) electrons. The third kappa shape index (κ3) is 7.44. The highest BCUT2D eigenvalue weighted by atomic mass is 35.5. The third-order valence-electron chi connectivity index (χ3n) is 2.61. The second kappa shape index (κ2) is 7.16. The van der Waals surface area contributed by atoms with Gasteiger partial charge in [0.25, 0.3) is 0 Å². The Hall–Kier alpha value is -0.730. The van der Waals surface area contributed by atoms with E-state index in [-0.39, 0.29) is 16.7 Å². The number of halogens is 2. The number of hydrogen-bond donors (Lipinski definition) is 1. The first kappa shape index (κ1) is 16.3. The Morgan fingerprint density at radius 3 is 2.63 bits per heavy atom. The number of nitrogens with one attached hydrogen (secondary N) is 1. The van der Waals surface area contributed by atoms with Gasteiger partial charge in [-0.25, -0.2) is 0 Å². The van der Waals surface area contributed by atoms with Gasteiger partial charge < -0.3 is 5.32 Å². The second-order valence-electron chi connectivity index (χ2n) is 5.97. The molecule has 1 unspecified atom stereocenters. The highest BCUT2D eigenvalue weighted by Crippen LogP contribution is 2.23. The van der Waals surface area contributed by atoms with Crippen molar-refractivity contribution in [2.75, 3.05) is 6.54 Å². The van der Waals surface area contributed by atoms with E-state index in [4.69, 9.17) is 23.2 Å². The topological polar surface area (TPSA) is 29.1 Å². The number of benzene rings is 1. The molecule has 0 aliphatic rings. The summed E-state index contributed by atoms with van der Waals surface area (Å²) in [6.07, 6.45) is 1.20. The fourth-order valence-corrected chi connectivity index (χ4v) is 2.61. The summed E-state index contributed by atoms with van der Waals surface area (Å²) in [4.78, 5) is 11.8. The molecule has 19 heavy (non-hydrogen) atoms. The maximum atomic E-state index is 11.8. The van der Waals surface area contributed by atoms with Crippen LogP contribution in [-0.2, 0) is 11.2 Å². The standard InChI is InChI=1S/C15H21Cl2NO/c1-15(2,3)9-13(17)10-18-14(19)8-11-5-4-6-12(16)7-11/h4-7,13H,8-10H2,1-3H3,(H,18,19). The number of amides is 1. The molecule has 1 N–H and O–H groups in total. The Labute approximate surface area is 125 Å². The van der Waals surface area contributed by atoms with Gasteiger partial charge in [0.1, 0.15) is 0 Å². The highest BCUT2D eigenvalue weighted by molar-refractivity contribution is 6.30. The van der Waals surface area contributed by atoms with E-state index in [9.17, 15) is 4.79 Å². The zero-order chi connectivity index (χ0) is 14.5. The van der Waals surface area contributed by atoms with Crippen molar-refractivity contribution < 1.29 is 4.79 Å². The van der Waals surface area contributed by atoms with Crippen LogP contribution in [0.3, 0.4) is 0 Å². The Morgan fingerprint density at radius 1 is 1.37 bits per heavy atom. The minimum Gasteiger partial charge on any atom is -0.354 e. The molecule has 0 aliphatic heterocycles. The van der Waals surface area contributed by atoms with Crippen molar-refractivity contribution in [2.45, 2.75) is 39.0 Å². The lowest BCUT2D eigenvalue weighted by Crippen LogP contribution is -2.32. The van der Waals surface area contributed by atoms with Gasteiger partial charge in [0, 0.05) is 11.6 Å². The summed E-state index contributed by atoms with van der Waals surface area (Å²) in [5, 5.41) is 3.47. The minimum absolute atomic E-state index is 0.0261. The Morgan fingerprint density at radius 2 is 2.05 bits per heavy atom. The minimum atomic E-state index is -0.0386. The summed E-state index contributed by atoms with van der Waals surface area (Å²) >= 11 is 12.1. The van der Waals surface area contributed by atoms with Crippen LogP contribution in [0.5, 0.6) is 0 Å². The molecule has 2 nitrogen and oxygen atoms in total. The molecule has 1 atom stereocenters. The molecule has 1 amide bonds. The van der Waals surface area contributed by atoms with Crippen LogP contribution in [0.15, 0.2) is 24.3 Å². The molecule has 1 aromatic carbocycles. The predicted octanol–water partition coefficient (Wildman–Crippen LogP) is 4.04. The lowest BCUT2D eigenvalue weighted by molar-refractivity contribution is -0.120. The van der Waals surface area contributed by atoms with Crippen LogP contribution >= 0.6 is 23.2 Å². The average molecular weight is 302 g/mol. The normalized spacial score (nSPS) is 13.1. The summed E-state index contributed by atoms with van der Waals surface area (Å²) in [7, 11) is 0. The van der Waals surface area contributed by atoms with Crippen molar-refractivity contribution in [1.82, 2.24) is 5.32 Å². The average Bonchev–Trinajstić information content (AvgIpc) is 2.24. The van der Waals surface area contributed by atoms with Crippen molar-refractivity contribution in [3.05, 3.63) is 34.9 Å². The zero-order valence-electron chi connectivity index (χ0n) is 11.7. The van der Waals surface area contributed by atoms with Gasteiger partial charge in [-0.2, -0.15) is 0 Å². The fourth-order valence-electron chi connectivity index (χ4n) is 1.86. The molecular weight excluding hydrogens is 281 g/mol. The maximum Gasteiger partial charge on any atom is 0.224 e. The summed E-state index contributed by atoms with van der Waals surface area (Å²) in [5.41, 5.74) is 1.08. The summed E-state index contributed by atoms with van der Waals surface area (Å²) in [5.74, 6) is -0.0261. The van der Waals surface area contributed by atoms with E-state index in [0.29, 0.717) is 18.0 Å². The molecule has 0 heterocycles. The molecule has 0 spiro atoms. The molecule has 0 aromatic heterocycles. The van der Waals surface area contributed by atoms with E-state index in [2.05, 4.69) is 26.1 Å². The van der Waals surface area contributed by atoms with Crippen molar-refractivity contribution >= 4 is 29.1 Å². The number of carbonyl (C=O) groups is 1. The molecule has 4 heteroatoms. The van der Waals surface area contributed by atoms with Gasteiger partial charge in [-0.3, -0.25) is 4.79 Å². The van der Waals surface area contributed by atoms with Gasteiger partial charge >= 0.3 is 0 Å². The van der Waals surface area contributed by atoms with Crippen LogP contribution in [0, 0.1) is 5.41 Å². The fraction of sp³-hybridized carbons (Fsp3) is 0.533. The van der Waals surface area contributed by atoms with Crippen LogP contribution in [0.1, 0.15) is 32.8 Å². The molecule has 106 valence electrons. The largest absolute Gasteiger partial charge is 0.354 e. The third-order valence-corrected chi connectivity index (χ3v) is 3.15. The monoisotopic (exact) mass is 301 g/mol. The summed E-state index contributed by atoms with van der Waals surface area (Å²) in [6, 6.07) is 7.32. The lowest BCUT2D eigenvalue weighted by atomic mass is 9.90. The van der Waals surface area contributed by atoms with Crippen molar-refractivity contribution in [3.8, 4) is 0 Å². The number of carbonyl (C=O) groups excluding carboxylic acids is 1. The van der Waals surface area contributed by atoms with Crippen LogP contribution in [0.2, 0.25) is 5.02 Å². The van der Waals surface area contributed by atoms with Crippen molar-refractivity contribution in [1.29, 1.82) is 0 Å². The molecule has 0 fully saturated rings. The SMILES string of the molecule is CC(C)(C)CC(Cl)CNC(=O)Cc1cccc(Cl)c1. The van der Waals surface area contributed by atoms with Crippen LogP contribution in [0.4, 0.5) is 0 Å². The smallest absolute Gasteiger partial charge is 0.224 e. The summed E-state index contributed by atoms with van der Waals surface area (Å²) in [6.45, 7) is 6.90. The van der Waals surface area contributed by atoms with Gasteiger partial charge in [0.15, 0.2) is 0 Å². The molecule has 1 rings (SSSR count). The van der Waals surface area contributed by atoms with Gasteiger partial charge in [-0.1, -0.05) is 44.5 Å². The first-order chi connectivity index (χ1) is 8.76. The van der Waals surface area contributed by atoms with E-state index in [1.165, 1.54) is 0 Å². The second-order valence-corrected chi connectivity index (χ2v) is 7.03. The summed E-state index contributed by atoms with van der Waals surface area (Å²) < 4.78 is 0. The first-order valence-electron chi connectivity index (χ1n) is 6.41. The number of rotatable bonds is 5. The predicted molar refractivity (Wildman–Crippen MR) is 81.9 cm³/mol. The van der Waals surface area contributed by atoms with E-state index in [1.54, 1.807) is 12.1 Å². The van der Waals surface area contributed by atoms with Gasteiger partial charge in [-0.15, -0.1) is 11.6 Å². The van der Waals surface area contributed by atoms with Crippen molar-refractivity contribution in [2.24, 2.45) is 5.41 Å². The van der Waals surface area contributed by atoms with E-state index in [1.807, 2.05) is 12.1 Å². The molecule has 0 aliphatic carbocycles. The van der Waals surface area contributed by atoms with Crippen LogP contribution in [-0.4, -0.2) is 17.8 Å². The number of alkyl halides is 1. The van der Waals surface area contributed by atoms with Crippen LogP contribution in [0.25, 0.3) is 0 Å². The highest BCUT2D eigenvalue weighted by Gasteiger charge is 2.17. The molecule has 0 saturated heterocycles. The Bertz CT molecular complexity index is 426. The Balaban J connectivity index is 2.36. The quantitative estimate of drug-likeness (QED) is 0.817. The van der Waals surface area contributed by atoms with Crippen LogP contribution < -0.4 is 5.32 Å². The molecule has 0 saturated carbocycles. The molecular formula is C15H21Cl2NO. The van der Waals surface area contributed by atoms with Gasteiger partial charge in [0.2, 0.25) is 5.91 Å². The van der Waals surface area contributed by atoms with Crippen molar-refractivity contribution in [3.63, 3.8) is 0 Å². The van der Waals surface area contributed by atoms with Gasteiger partial charge in [0.05, 0.1) is 11.8 Å². The number of hydrogen-bond acceptors (Lipinski definition) is 1. The molecule has 1 aromatic rings. The van der Waals surface area contributed by atoms with E-state index in [0.717, 1.165) is 12.0 Å². The first-order valence-corrected chi connectivity index (χ1v) is 7.23. The molecule has 0 bridgehead atoms. The van der Waals surface area contributed by atoms with E-state index >= 15 is 0 Å². The zero-order valence-corrected chi connectivity index (χ0v) is 13.2. The van der Waals surface area contributed by atoms with E-state index < -0.39 is 0 Å². The maximum absolute atomic E-state index is 11.8. The van der Waals surface area contributed by atoms with Gasteiger partial charge in [-0.05, 0) is 29.5 Å². The Kier molecular flexibility index (Phi) is 6.15.